The van der Waals surface area contributed by atoms with Crippen molar-refractivity contribution >= 4 is 11.0 Å². The van der Waals surface area contributed by atoms with Crippen LogP contribution in [0.15, 0.2) is 22.8 Å². The van der Waals surface area contributed by atoms with Crippen molar-refractivity contribution in [3.63, 3.8) is 0 Å². The summed E-state index contributed by atoms with van der Waals surface area (Å²) >= 11 is 0. The molecule has 0 bridgehead atoms. The first-order valence-electron chi connectivity index (χ1n) is 5.28. The van der Waals surface area contributed by atoms with Crippen LogP contribution in [0.2, 0.25) is 0 Å². The topological polar surface area (TPSA) is 25.2 Å². The highest BCUT2D eigenvalue weighted by Gasteiger charge is 2.13. The normalized spacial score (nSPS) is 11.2. The number of fused-ring (bicyclic) bond motifs is 1. The van der Waals surface area contributed by atoms with Crippen LogP contribution < -0.4 is 5.32 Å². The Morgan fingerprint density at radius 1 is 1.31 bits per heavy atom. The second kappa shape index (κ2) is 4.61. The second-order valence-corrected chi connectivity index (χ2v) is 3.60. The minimum Gasteiger partial charge on any atom is -0.461 e. The molecule has 4 heteroatoms. The van der Waals surface area contributed by atoms with Crippen LogP contribution in [0.1, 0.15) is 12.5 Å². The standard InChI is InChI=1S/C12H13F2NO/c1-2-15-6-5-8-7-16-12-9(8)3-4-10(13)11(12)14/h3-4,7,15H,2,5-6H2,1H3. The lowest BCUT2D eigenvalue weighted by Crippen LogP contribution is -2.15. The molecule has 0 saturated carbocycles. The lowest BCUT2D eigenvalue weighted by molar-refractivity contribution is 0.491. The molecule has 0 aliphatic heterocycles. The van der Waals surface area contributed by atoms with Gasteiger partial charge in [0.15, 0.2) is 11.4 Å². The molecule has 0 radical (unpaired) electrons. The molecule has 0 aliphatic rings. The summed E-state index contributed by atoms with van der Waals surface area (Å²) in [5.41, 5.74) is 0.904. The molecule has 0 aliphatic carbocycles. The molecule has 0 spiro atoms. The smallest absolute Gasteiger partial charge is 0.201 e. The number of halogens is 2. The van der Waals surface area contributed by atoms with Gasteiger partial charge in [0.2, 0.25) is 5.82 Å². The number of rotatable bonds is 4. The van der Waals surface area contributed by atoms with Crippen LogP contribution in [-0.2, 0) is 6.42 Å². The first-order valence-corrected chi connectivity index (χ1v) is 5.28. The van der Waals surface area contributed by atoms with E-state index in [4.69, 9.17) is 4.42 Å². The number of benzene rings is 1. The summed E-state index contributed by atoms with van der Waals surface area (Å²) in [6.07, 6.45) is 2.23. The van der Waals surface area contributed by atoms with E-state index < -0.39 is 11.6 Å². The van der Waals surface area contributed by atoms with E-state index in [-0.39, 0.29) is 5.58 Å². The third-order valence-electron chi connectivity index (χ3n) is 2.54. The van der Waals surface area contributed by atoms with Gasteiger partial charge in [-0.2, -0.15) is 4.39 Å². The third-order valence-corrected chi connectivity index (χ3v) is 2.54. The highest BCUT2D eigenvalue weighted by atomic mass is 19.2. The summed E-state index contributed by atoms with van der Waals surface area (Å²) in [4.78, 5) is 0. The van der Waals surface area contributed by atoms with Gasteiger partial charge >= 0.3 is 0 Å². The fourth-order valence-corrected chi connectivity index (χ4v) is 1.69. The molecule has 86 valence electrons. The summed E-state index contributed by atoms with van der Waals surface area (Å²) in [7, 11) is 0. The van der Waals surface area contributed by atoms with Crippen LogP contribution in [0.25, 0.3) is 11.0 Å². The zero-order valence-corrected chi connectivity index (χ0v) is 9.02. The van der Waals surface area contributed by atoms with Crippen LogP contribution in [-0.4, -0.2) is 13.1 Å². The van der Waals surface area contributed by atoms with Crippen molar-refractivity contribution in [1.82, 2.24) is 5.32 Å². The van der Waals surface area contributed by atoms with Crippen molar-refractivity contribution in [2.24, 2.45) is 0 Å². The van der Waals surface area contributed by atoms with Crippen LogP contribution in [0.3, 0.4) is 0 Å². The number of likely N-dealkylation sites (N-methyl/N-ethyl adjacent to an activating group) is 1. The van der Waals surface area contributed by atoms with Crippen molar-refractivity contribution in [3.8, 4) is 0 Å². The largest absolute Gasteiger partial charge is 0.461 e. The predicted octanol–water partition coefficient (Wildman–Crippen LogP) is 2.86. The Bertz CT molecular complexity index is 493. The SMILES string of the molecule is CCNCCc1coc2c(F)c(F)ccc12. The average Bonchev–Trinajstić information content (AvgIpc) is 2.68. The first kappa shape index (κ1) is 11.1. The van der Waals surface area contributed by atoms with Gasteiger partial charge in [0, 0.05) is 5.39 Å². The zero-order valence-electron chi connectivity index (χ0n) is 9.02. The highest BCUT2D eigenvalue weighted by Crippen LogP contribution is 2.25. The molecule has 0 fully saturated rings. The van der Waals surface area contributed by atoms with Crippen LogP contribution in [0.5, 0.6) is 0 Å². The molecule has 1 aromatic heterocycles. The first-order chi connectivity index (χ1) is 7.74. The molecule has 0 unspecified atom stereocenters. The van der Waals surface area contributed by atoms with Crippen molar-refractivity contribution in [1.29, 1.82) is 0 Å². The Morgan fingerprint density at radius 3 is 2.88 bits per heavy atom. The van der Waals surface area contributed by atoms with E-state index in [0.717, 1.165) is 31.1 Å². The maximum Gasteiger partial charge on any atom is 0.201 e. The van der Waals surface area contributed by atoms with Crippen molar-refractivity contribution in [2.45, 2.75) is 13.3 Å². The molecular weight excluding hydrogens is 212 g/mol. The second-order valence-electron chi connectivity index (χ2n) is 3.60. The molecule has 2 aromatic rings. The third kappa shape index (κ3) is 1.93. The molecule has 2 rings (SSSR count). The number of nitrogens with one attached hydrogen (secondary N) is 1. The van der Waals surface area contributed by atoms with Crippen LogP contribution in [0.4, 0.5) is 8.78 Å². The fraction of sp³-hybridized carbons (Fsp3) is 0.333. The van der Waals surface area contributed by atoms with Crippen molar-refractivity contribution in [3.05, 3.63) is 35.6 Å². The molecule has 0 saturated heterocycles. The Labute approximate surface area is 92.2 Å². The minimum absolute atomic E-state index is 0.00602. The van der Waals surface area contributed by atoms with E-state index in [2.05, 4.69) is 5.32 Å². The molecule has 0 amide bonds. The number of furan rings is 1. The van der Waals surface area contributed by atoms with Crippen molar-refractivity contribution < 1.29 is 13.2 Å². The van der Waals surface area contributed by atoms with Gasteiger partial charge in [-0.05, 0) is 37.2 Å². The van der Waals surface area contributed by atoms with Gasteiger partial charge in [-0.1, -0.05) is 6.92 Å². The Balaban J connectivity index is 2.31. The van der Waals surface area contributed by atoms with E-state index in [9.17, 15) is 8.78 Å². The number of hydrogen-bond donors (Lipinski definition) is 1. The van der Waals surface area contributed by atoms with E-state index in [1.807, 2.05) is 6.92 Å². The van der Waals surface area contributed by atoms with E-state index in [1.165, 1.54) is 6.26 Å². The van der Waals surface area contributed by atoms with Gasteiger partial charge in [-0.3, -0.25) is 0 Å². The van der Waals surface area contributed by atoms with Gasteiger partial charge in [0.05, 0.1) is 6.26 Å². The van der Waals surface area contributed by atoms with Crippen LogP contribution in [0, 0.1) is 11.6 Å². The summed E-state index contributed by atoms with van der Waals surface area (Å²) < 4.78 is 31.3. The summed E-state index contributed by atoms with van der Waals surface area (Å²) in [6, 6.07) is 2.68. The zero-order chi connectivity index (χ0) is 11.5. The maximum atomic E-state index is 13.3. The van der Waals surface area contributed by atoms with Gasteiger partial charge < -0.3 is 9.73 Å². The van der Waals surface area contributed by atoms with E-state index >= 15 is 0 Å². The summed E-state index contributed by atoms with van der Waals surface area (Å²) in [6.45, 7) is 3.70. The lowest BCUT2D eigenvalue weighted by Gasteiger charge is -1.99. The molecule has 16 heavy (non-hydrogen) atoms. The van der Waals surface area contributed by atoms with E-state index in [0.29, 0.717) is 5.39 Å². The Kier molecular flexibility index (Phi) is 3.19. The lowest BCUT2D eigenvalue weighted by atomic mass is 10.1. The average molecular weight is 225 g/mol. The van der Waals surface area contributed by atoms with Gasteiger partial charge in [0.1, 0.15) is 0 Å². The molecule has 1 N–H and O–H groups in total. The molecule has 2 nitrogen and oxygen atoms in total. The highest BCUT2D eigenvalue weighted by molar-refractivity contribution is 5.81. The van der Waals surface area contributed by atoms with Crippen LogP contribution >= 0.6 is 0 Å². The fourth-order valence-electron chi connectivity index (χ4n) is 1.69. The van der Waals surface area contributed by atoms with Gasteiger partial charge in [-0.15, -0.1) is 0 Å². The molecular formula is C12H13F2NO. The summed E-state index contributed by atoms with van der Waals surface area (Å²) in [5, 5.41) is 3.82. The van der Waals surface area contributed by atoms with Gasteiger partial charge in [0.25, 0.3) is 0 Å². The number of hydrogen-bond acceptors (Lipinski definition) is 2. The van der Waals surface area contributed by atoms with Crippen molar-refractivity contribution in [2.75, 3.05) is 13.1 Å². The Hall–Kier alpha value is -1.42. The quantitative estimate of drug-likeness (QED) is 0.809. The minimum atomic E-state index is -0.910. The monoisotopic (exact) mass is 225 g/mol. The molecule has 0 atom stereocenters. The Morgan fingerprint density at radius 2 is 2.12 bits per heavy atom. The summed E-state index contributed by atoms with van der Waals surface area (Å²) in [5.74, 6) is -1.78. The molecule has 1 aromatic carbocycles. The molecule has 1 heterocycles. The predicted molar refractivity (Wildman–Crippen MR) is 58.4 cm³/mol. The van der Waals surface area contributed by atoms with E-state index in [1.54, 1.807) is 6.07 Å². The van der Waals surface area contributed by atoms with Gasteiger partial charge in [-0.25, -0.2) is 4.39 Å². The maximum absolute atomic E-state index is 13.3.